The van der Waals surface area contributed by atoms with Crippen LogP contribution in [0.1, 0.15) is 0 Å². The first kappa shape index (κ1) is 10.3. The van der Waals surface area contributed by atoms with Crippen LogP contribution >= 0.6 is 24.6 Å². The van der Waals surface area contributed by atoms with Gasteiger partial charge in [0.1, 0.15) is 0 Å². The molecule has 5 heteroatoms. The minimum atomic E-state index is -0.579. The normalized spacial score (nSPS) is 9.69. The number of primary amides is 1. The van der Waals surface area contributed by atoms with E-state index in [4.69, 9.17) is 5.73 Å². The molecule has 1 aromatic rings. The van der Waals surface area contributed by atoms with Crippen molar-refractivity contribution >= 4 is 36.3 Å². The molecular weight excluding hydrogens is 204 g/mol. The predicted molar refractivity (Wildman–Crippen MR) is 59.3 cm³/mol. The first-order chi connectivity index (χ1) is 6.16. The van der Waals surface area contributed by atoms with Crippen LogP contribution in [0.4, 0.5) is 10.5 Å². The number of hydrogen-bond acceptors (Lipinski definition) is 3. The molecule has 0 aliphatic carbocycles. The minimum Gasteiger partial charge on any atom is -0.350 e. The zero-order chi connectivity index (χ0) is 9.84. The summed E-state index contributed by atoms with van der Waals surface area (Å²) in [6.07, 6.45) is 1.93. The fraction of sp³-hybridized carbons (Fsp3) is 0.125. The molecule has 0 fully saturated rings. The largest absolute Gasteiger partial charge is 0.350 e. The maximum atomic E-state index is 10.8. The SMILES string of the molecule is CSc1ccccc1N(S)C(N)=O. The molecule has 0 saturated heterocycles. The monoisotopic (exact) mass is 214 g/mol. The standard InChI is InChI=1S/C8H10N2OS2/c1-13-7-5-3-2-4-6(7)10(12)8(9)11/h2-5,12H,1H3,(H2,9,11). The Labute approximate surface area is 86.8 Å². The number of nitrogens with two attached hydrogens (primary N) is 1. The van der Waals surface area contributed by atoms with Crippen LogP contribution < -0.4 is 10.0 Å². The van der Waals surface area contributed by atoms with E-state index in [1.807, 2.05) is 24.5 Å². The summed E-state index contributed by atoms with van der Waals surface area (Å²) in [6.45, 7) is 0. The first-order valence-corrected chi connectivity index (χ1v) is 5.20. The van der Waals surface area contributed by atoms with Crippen LogP contribution in [0, 0.1) is 0 Å². The average molecular weight is 214 g/mol. The number of carbonyl (C=O) groups excluding carboxylic acids is 1. The van der Waals surface area contributed by atoms with Crippen molar-refractivity contribution < 1.29 is 4.79 Å². The van der Waals surface area contributed by atoms with Crippen molar-refractivity contribution in [2.24, 2.45) is 5.73 Å². The van der Waals surface area contributed by atoms with E-state index in [1.165, 1.54) is 0 Å². The minimum absolute atomic E-state index is 0.579. The van der Waals surface area contributed by atoms with Crippen molar-refractivity contribution in [3.63, 3.8) is 0 Å². The first-order valence-electron chi connectivity index (χ1n) is 3.58. The Morgan fingerprint density at radius 1 is 1.54 bits per heavy atom. The second-order valence-electron chi connectivity index (χ2n) is 2.32. The number of thiol groups is 1. The van der Waals surface area contributed by atoms with Gasteiger partial charge in [0.15, 0.2) is 0 Å². The van der Waals surface area contributed by atoms with E-state index in [-0.39, 0.29) is 0 Å². The Morgan fingerprint density at radius 3 is 2.69 bits per heavy atom. The summed E-state index contributed by atoms with van der Waals surface area (Å²) in [5, 5.41) is 0. The number of benzene rings is 1. The van der Waals surface area contributed by atoms with E-state index < -0.39 is 6.03 Å². The molecule has 0 aliphatic rings. The van der Waals surface area contributed by atoms with Gasteiger partial charge in [-0.2, -0.15) is 0 Å². The number of rotatable bonds is 2. The molecule has 13 heavy (non-hydrogen) atoms. The number of amides is 2. The van der Waals surface area contributed by atoms with Crippen molar-refractivity contribution in [3.05, 3.63) is 24.3 Å². The zero-order valence-corrected chi connectivity index (χ0v) is 8.81. The maximum absolute atomic E-state index is 10.8. The second kappa shape index (κ2) is 4.43. The Balaban J connectivity index is 3.05. The number of nitrogens with zero attached hydrogens (tertiary/aromatic N) is 1. The van der Waals surface area contributed by atoms with Crippen LogP contribution in [0.5, 0.6) is 0 Å². The van der Waals surface area contributed by atoms with E-state index in [9.17, 15) is 4.79 Å². The molecule has 0 aromatic heterocycles. The third kappa shape index (κ3) is 2.32. The molecule has 0 spiro atoms. The van der Waals surface area contributed by atoms with Crippen molar-refractivity contribution in [1.29, 1.82) is 0 Å². The maximum Gasteiger partial charge on any atom is 0.329 e. The number of thioether (sulfide) groups is 1. The average Bonchev–Trinajstić information content (AvgIpc) is 2.16. The van der Waals surface area contributed by atoms with Gasteiger partial charge in [0, 0.05) is 4.90 Å². The quantitative estimate of drug-likeness (QED) is 0.585. The number of anilines is 1. The summed E-state index contributed by atoms with van der Waals surface area (Å²) in [7, 11) is 0. The molecule has 1 aromatic carbocycles. The molecule has 0 heterocycles. The van der Waals surface area contributed by atoms with E-state index in [0.717, 1.165) is 9.20 Å². The van der Waals surface area contributed by atoms with Gasteiger partial charge in [0.25, 0.3) is 0 Å². The van der Waals surface area contributed by atoms with Crippen LogP contribution in [0.25, 0.3) is 0 Å². The van der Waals surface area contributed by atoms with Gasteiger partial charge in [-0.15, -0.1) is 11.8 Å². The topological polar surface area (TPSA) is 46.3 Å². The van der Waals surface area contributed by atoms with Crippen molar-refractivity contribution in [2.45, 2.75) is 4.90 Å². The van der Waals surface area contributed by atoms with Gasteiger partial charge in [-0.1, -0.05) is 24.9 Å². The number of carbonyl (C=O) groups is 1. The fourth-order valence-electron chi connectivity index (χ4n) is 0.923. The van der Waals surface area contributed by atoms with Gasteiger partial charge in [-0.25, -0.2) is 9.10 Å². The molecule has 3 nitrogen and oxygen atoms in total. The Hall–Kier alpha value is -0.810. The Kier molecular flexibility index (Phi) is 3.50. The lowest BCUT2D eigenvalue weighted by atomic mass is 10.3. The van der Waals surface area contributed by atoms with Crippen LogP contribution in [-0.2, 0) is 0 Å². The molecule has 0 bridgehead atoms. The summed E-state index contributed by atoms with van der Waals surface area (Å²) in [5.41, 5.74) is 5.81. The molecule has 70 valence electrons. The molecule has 0 saturated carbocycles. The van der Waals surface area contributed by atoms with E-state index in [0.29, 0.717) is 5.69 Å². The van der Waals surface area contributed by atoms with Gasteiger partial charge >= 0.3 is 6.03 Å². The summed E-state index contributed by atoms with van der Waals surface area (Å²) in [6, 6.07) is 6.86. The van der Waals surface area contributed by atoms with Crippen molar-refractivity contribution in [1.82, 2.24) is 0 Å². The van der Waals surface area contributed by atoms with Gasteiger partial charge in [-0.05, 0) is 18.4 Å². The van der Waals surface area contributed by atoms with Crippen LogP contribution in [0.3, 0.4) is 0 Å². The van der Waals surface area contributed by atoms with Gasteiger partial charge in [-0.3, -0.25) is 0 Å². The van der Waals surface area contributed by atoms with Gasteiger partial charge in [0.2, 0.25) is 0 Å². The highest BCUT2D eigenvalue weighted by molar-refractivity contribution is 7.98. The highest BCUT2D eigenvalue weighted by atomic mass is 32.2. The second-order valence-corrected chi connectivity index (χ2v) is 3.57. The number of hydrogen-bond donors (Lipinski definition) is 2. The van der Waals surface area contributed by atoms with Crippen LogP contribution in [0.15, 0.2) is 29.2 Å². The highest BCUT2D eigenvalue weighted by Gasteiger charge is 2.10. The van der Waals surface area contributed by atoms with E-state index in [1.54, 1.807) is 17.8 Å². The third-order valence-corrected chi connectivity index (χ3v) is 2.72. The summed E-state index contributed by atoms with van der Waals surface area (Å²) < 4.78 is 1.13. The lowest BCUT2D eigenvalue weighted by molar-refractivity contribution is 0.257. The molecular formula is C8H10N2OS2. The number of urea groups is 1. The summed E-state index contributed by atoms with van der Waals surface area (Å²) in [4.78, 5) is 11.8. The third-order valence-electron chi connectivity index (χ3n) is 1.52. The lowest BCUT2D eigenvalue weighted by Crippen LogP contribution is -2.27. The summed E-state index contributed by atoms with van der Waals surface area (Å²) in [5.74, 6) is 0. The van der Waals surface area contributed by atoms with Gasteiger partial charge < -0.3 is 5.73 Å². The molecule has 1 rings (SSSR count). The molecule has 2 amide bonds. The predicted octanol–water partition coefficient (Wildman–Crippen LogP) is 2.14. The smallest absolute Gasteiger partial charge is 0.329 e. The van der Waals surface area contributed by atoms with Crippen LogP contribution in [0.2, 0.25) is 0 Å². The molecule has 0 atom stereocenters. The van der Waals surface area contributed by atoms with E-state index >= 15 is 0 Å². The summed E-state index contributed by atoms with van der Waals surface area (Å²) >= 11 is 5.53. The van der Waals surface area contributed by atoms with Gasteiger partial charge in [0.05, 0.1) is 5.69 Å². The molecule has 0 aliphatic heterocycles. The molecule has 0 unspecified atom stereocenters. The zero-order valence-electron chi connectivity index (χ0n) is 7.10. The van der Waals surface area contributed by atoms with Crippen molar-refractivity contribution in [3.8, 4) is 0 Å². The van der Waals surface area contributed by atoms with E-state index in [2.05, 4.69) is 12.8 Å². The fourth-order valence-corrected chi connectivity index (χ4v) is 1.75. The highest BCUT2D eigenvalue weighted by Crippen LogP contribution is 2.28. The lowest BCUT2D eigenvalue weighted by Gasteiger charge is -2.15. The molecule has 0 radical (unpaired) electrons. The van der Waals surface area contributed by atoms with Crippen LogP contribution in [-0.4, -0.2) is 12.3 Å². The Morgan fingerprint density at radius 2 is 2.15 bits per heavy atom. The molecule has 2 N–H and O–H groups in total. The number of para-hydroxylation sites is 1. The van der Waals surface area contributed by atoms with Crippen molar-refractivity contribution in [2.75, 3.05) is 10.6 Å². The Bertz CT molecular complexity index is 317.